The molecule has 2 nitrogen and oxygen atoms in total. The first-order valence-electron chi connectivity index (χ1n) is 5.62. The van der Waals surface area contributed by atoms with Gasteiger partial charge in [0.05, 0.1) is 6.34 Å². The maximum Gasteiger partial charge on any atom is 0.0848 e. The molecular formula is C12H26N2. The van der Waals surface area contributed by atoms with Crippen LogP contribution in [-0.4, -0.2) is 30.9 Å². The van der Waals surface area contributed by atoms with Crippen LogP contribution in [0.1, 0.15) is 47.5 Å². The van der Waals surface area contributed by atoms with Crippen LogP contribution >= 0.6 is 0 Å². The predicted molar refractivity (Wildman–Crippen MR) is 64.9 cm³/mol. The van der Waals surface area contributed by atoms with Crippen molar-refractivity contribution in [2.45, 2.75) is 53.5 Å². The van der Waals surface area contributed by atoms with Gasteiger partial charge >= 0.3 is 0 Å². The topological polar surface area (TPSA) is 15.6 Å². The Morgan fingerprint density at radius 1 is 1.29 bits per heavy atom. The standard InChI is InChI=1S/C12H26N2/c1-7-11(9-12(3,4)5)14(8-2)10-13-6/h10-11H,7-9H2,1-6H3/b13-10+. The van der Waals surface area contributed by atoms with Gasteiger partial charge in [-0.15, -0.1) is 0 Å². The van der Waals surface area contributed by atoms with Crippen molar-refractivity contribution in [1.29, 1.82) is 0 Å². The molecule has 2 heteroatoms. The smallest absolute Gasteiger partial charge is 0.0848 e. The molecule has 0 aromatic rings. The highest BCUT2D eigenvalue weighted by Gasteiger charge is 2.20. The molecule has 0 heterocycles. The van der Waals surface area contributed by atoms with Gasteiger partial charge in [-0.25, -0.2) is 0 Å². The minimum Gasteiger partial charge on any atom is -0.360 e. The Bertz CT molecular complexity index is 168. The van der Waals surface area contributed by atoms with Crippen LogP contribution in [-0.2, 0) is 0 Å². The van der Waals surface area contributed by atoms with E-state index in [0.29, 0.717) is 11.5 Å². The van der Waals surface area contributed by atoms with Crippen molar-refractivity contribution in [2.75, 3.05) is 13.6 Å². The van der Waals surface area contributed by atoms with Crippen LogP contribution in [0.3, 0.4) is 0 Å². The lowest BCUT2D eigenvalue weighted by atomic mass is 9.86. The fourth-order valence-corrected chi connectivity index (χ4v) is 1.79. The van der Waals surface area contributed by atoms with E-state index in [0.717, 1.165) is 6.54 Å². The second-order valence-electron chi connectivity index (χ2n) is 5.03. The third kappa shape index (κ3) is 5.25. The van der Waals surface area contributed by atoms with Crippen molar-refractivity contribution in [3.8, 4) is 0 Å². The summed E-state index contributed by atoms with van der Waals surface area (Å²) < 4.78 is 0. The normalized spacial score (nSPS) is 14.7. The predicted octanol–water partition coefficient (Wildman–Crippen LogP) is 3.18. The summed E-state index contributed by atoms with van der Waals surface area (Å²) in [5.74, 6) is 0. The van der Waals surface area contributed by atoms with E-state index in [4.69, 9.17) is 0 Å². The number of nitrogens with zero attached hydrogens (tertiary/aromatic N) is 2. The van der Waals surface area contributed by atoms with Gasteiger partial charge in [0.2, 0.25) is 0 Å². The van der Waals surface area contributed by atoms with Crippen molar-refractivity contribution in [3.05, 3.63) is 0 Å². The first-order chi connectivity index (χ1) is 6.44. The van der Waals surface area contributed by atoms with Gasteiger partial charge < -0.3 is 4.90 Å². The summed E-state index contributed by atoms with van der Waals surface area (Å²) in [6.45, 7) is 12.4. The molecular weight excluding hydrogens is 172 g/mol. The largest absolute Gasteiger partial charge is 0.360 e. The monoisotopic (exact) mass is 198 g/mol. The molecule has 0 amide bonds. The van der Waals surface area contributed by atoms with Crippen molar-refractivity contribution in [2.24, 2.45) is 10.4 Å². The Morgan fingerprint density at radius 3 is 2.14 bits per heavy atom. The SMILES string of the molecule is CCC(CC(C)(C)C)N(/C=N/C)CC. The third-order valence-corrected chi connectivity index (χ3v) is 2.42. The minimum absolute atomic E-state index is 0.398. The van der Waals surface area contributed by atoms with E-state index < -0.39 is 0 Å². The summed E-state index contributed by atoms with van der Waals surface area (Å²) in [5.41, 5.74) is 0.398. The molecule has 0 aromatic carbocycles. The Morgan fingerprint density at radius 2 is 1.86 bits per heavy atom. The lowest BCUT2D eigenvalue weighted by Crippen LogP contribution is -2.36. The summed E-state index contributed by atoms with van der Waals surface area (Å²) in [6, 6.07) is 0.628. The van der Waals surface area contributed by atoms with E-state index in [2.05, 4.69) is 44.5 Å². The van der Waals surface area contributed by atoms with Gasteiger partial charge in [0.15, 0.2) is 0 Å². The van der Waals surface area contributed by atoms with E-state index >= 15 is 0 Å². The number of hydrogen-bond acceptors (Lipinski definition) is 1. The first kappa shape index (κ1) is 13.5. The van der Waals surface area contributed by atoms with E-state index in [9.17, 15) is 0 Å². The first-order valence-corrected chi connectivity index (χ1v) is 5.62. The second-order valence-corrected chi connectivity index (χ2v) is 5.03. The summed E-state index contributed by atoms with van der Waals surface area (Å²) in [7, 11) is 1.84. The molecule has 0 rings (SSSR count). The molecule has 0 fully saturated rings. The van der Waals surface area contributed by atoms with Gasteiger partial charge in [-0.1, -0.05) is 27.7 Å². The molecule has 0 N–H and O–H groups in total. The van der Waals surface area contributed by atoms with Gasteiger partial charge in [0.25, 0.3) is 0 Å². The summed E-state index contributed by atoms with van der Waals surface area (Å²) >= 11 is 0. The molecule has 0 aliphatic heterocycles. The van der Waals surface area contributed by atoms with Crippen LogP contribution in [0.2, 0.25) is 0 Å². The zero-order valence-corrected chi connectivity index (χ0v) is 10.7. The average Bonchev–Trinajstić information content (AvgIpc) is 2.09. The van der Waals surface area contributed by atoms with Gasteiger partial charge in [-0.3, -0.25) is 4.99 Å². The van der Waals surface area contributed by atoms with E-state index in [1.54, 1.807) is 0 Å². The van der Waals surface area contributed by atoms with Gasteiger partial charge in [-0.2, -0.15) is 0 Å². The number of aliphatic imine (C=N–C) groups is 1. The molecule has 0 spiro atoms. The third-order valence-electron chi connectivity index (χ3n) is 2.42. The summed E-state index contributed by atoms with van der Waals surface area (Å²) in [4.78, 5) is 6.45. The maximum absolute atomic E-state index is 4.11. The molecule has 0 aliphatic carbocycles. The molecule has 0 radical (unpaired) electrons. The molecule has 0 aromatic heterocycles. The van der Waals surface area contributed by atoms with Crippen molar-refractivity contribution < 1.29 is 0 Å². The van der Waals surface area contributed by atoms with Crippen molar-refractivity contribution in [3.63, 3.8) is 0 Å². The second kappa shape index (κ2) is 6.05. The zero-order valence-electron chi connectivity index (χ0n) is 10.7. The van der Waals surface area contributed by atoms with Crippen LogP contribution < -0.4 is 0 Å². The van der Waals surface area contributed by atoms with Crippen LogP contribution in [0.25, 0.3) is 0 Å². The molecule has 14 heavy (non-hydrogen) atoms. The Hall–Kier alpha value is -0.530. The lowest BCUT2D eigenvalue weighted by Gasteiger charge is -2.33. The van der Waals surface area contributed by atoms with Crippen molar-refractivity contribution >= 4 is 6.34 Å². The highest BCUT2D eigenvalue weighted by Crippen LogP contribution is 2.24. The molecule has 1 unspecified atom stereocenters. The number of rotatable bonds is 5. The molecule has 84 valence electrons. The Kier molecular flexibility index (Phi) is 5.82. The van der Waals surface area contributed by atoms with Crippen LogP contribution in [0, 0.1) is 5.41 Å². The molecule has 0 bridgehead atoms. The molecule has 0 saturated carbocycles. The van der Waals surface area contributed by atoms with E-state index in [1.165, 1.54) is 12.8 Å². The zero-order chi connectivity index (χ0) is 11.2. The Balaban J connectivity index is 4.36. The fourth-order valence-electron chi connectivity index (χ4n) is 1.79. The van der Waals surface area contributed by atoms with E-state index in [1.807, 2.05) is 13.4 Å². The average molecular weight is 198 g/mol. The summed E-state index contributed by atoms with van der Waals surface area (Å²) in [5, 5.41) is 0. The van der Waals surface area contributed by atoms with Crippen molar-refractivity contribution in [1.82, 2.24) is 4.90 Å². The van der Waals surface area contributed by atoms with Crippen LogP contribution in [0.15, 0.2) is 4.99 Å². The highest BCUT2D eigenvalue weighted by molar-refractivity contribution is 5.55. The molecule has 1 atom stereocenters. The summed E-state index contributed by atoms with van der Waals surface area (Å²) in [6.07, 6.45) is 4.39. The molecule has 0 aliphatic rings. The molecule has 0 saturated heterocycles. The van der Waals surface area contributed by atoms with E-state index in [-0.39, 0.29) is 0 Å². The Labute approximate surface area is 89.4 Å². The quantitative estimate of drug-likeness (QED) is 0.489. The lowest BCUT2D eigenvalue weighted by molar-refractivity contribution is 0.227. The van der Waals surface area contributed by atoms with Gasteiger partial charge in [0.1, 0.15) is 0 Å². The highest BCUT2D eigenvalue weighted by atomic mass is 15.2. The number of hydrogen-bond donors (Lipinski definition) is 0. The van der Waals surface area contributed by atoms with Crippen LogP contribution in [0.5, 0.6) is 0 Å². The van der Waals surface area contributed by atoms with Gasteiger partial charge in [0, 0.05) is 19.6 Å². The van der Waals surface area contributed by atoms with Gasteiger partial charge in [-0.05, 0) is 25.2 Å². The minimum atomic E-state index is 0.398. The van der Waals surface area contributed by atoms with Crippen LogP contribution in [0.4, 0.5) is 0 Å². The maximum atomic E-state index is 4.11. The fraction of sp³-hybridized carbons (Fsp3) is 0.917.